The minimum atomic E-state index is -0.235. The van der Waals surface area contributed by atoms with Crippen molar-refractivity contribution in [2.45, 2.75) is 13.0 Å². The molecule has 6 heteroatoms. The van der Waals surface area contributed by atoms with E-state index in [9.17, 15) is 0 Å². The molecule has 1 atom stereocenters. The molecule has 0 aliphatic rings. The lowest BCUT2D eigenvalue weighted by molar-refractivity contribution is 0.408. The van der Waals surface area contributed by atoms with Crippen LogP contribution in [-0.2, 0) is 7.05 Å². The van der Waals surface area contributed by atoms with E-state index in [1.54, 1.807) is 13.3 Å². The third kappa shape index (κ3) is 3.10. The fourth-order valence-corrected chi connectivity index (χ4v) is 3.32. The van der Waals surface area contributed by atoms with Crippen LogP contribution in [-0.4, -0.2) is 26.9 Å². The van der Waals surface area contributed by atoms with Crippen molar-refractivity contribution in [1.29, 1.82) is 0 Å². The summed E-state index contributed by atoms with van der Waals surface area (Å²) in [7, 11) is 3.65. The summed E-state index contributed by atoms with van der Waals surface area (Å²) >= 11 is 0. The van der Waals surface area contributed by atoms with Crippen molar-refractivity contribution in [3.8, 4) is 5.75 Å². The number of hydrogen-bond acceptors (Lipinski definition) is 5. The first-order valence-corrected chi connectivity index (χ1v) is 8.77. The molecule has 27 heavy (non-hydrogen) atoms. The number of aryl methyl sites for hydroxylation is 2. The first-order chi connectivity index (χ1) is 13.2. The summed E-state index contributed by atoms with van der Waals surface area (Å²) in [5, 5.41) is 14.4. The van der Waals surface area contributed by atoms with Crippen LogP contribution in [0, 0.1) is 6.92 Å². The lowest BCUT2D eigenvalue weighted by Gasteiger charge is -2.22. The Labute approximate surface area is 157 Å². The molecular formula is C21H21N5O. The number of anilines is 1. The van der Waals surface area contributed by atoms with Crippen molar-refractivity contribution < 1.29 is 4.74 Å². The Morgan fingerprint density at radius 3 is 2.48 bits per heavy atom. The van der Waals surface area contributed by atoms with Crippen LogP contribution in [0.3, 0.4) is 0 Å². The molecule has 136 valence electrons. The Balaban J connectivity index is 1.86. The van der Waals surface area contributed by atoms with E-state index in [0.29, 0.717) is 0 Å². The van der Waals surface area contributed by atoms with Crippen molar-refractivity contribution in [2.24, 2.45) is 7.05 Å². The predicted molar refractivity (Wildman–Crippen MR) is 106 cm³/mol. The number of methoxy groups -OCH3 is 1. The smallest absolute Gasteiger partial charge is 0.157 e. The molecule has 0 unspecified atom stereocenters. The second-order valence-corrected chi connectivity index (χ2v) is 6.40. The molecule has 6 nitrogen and oxygen atoms in total. The molecule has 0 saturated carbocycles. The zero-order valence-corrected chi connectivity index (χ0v) is 15.5. The number of para-hydroxylation sites is 1. The van der Waals surface area contributed by atoms with Crippen molar-refractivity contribution in [3.05, 3.63) is 78.0 Å². The van der Waals surface area contributed by atoms with Crippen LogP contribution >= 0.6 is 0 Å². The van der Waals surface area contributed by atoms with E-state index in [1.807, 2.05) is 61.1 Å². The molecule has 0 saturated heterocycles. The summed E-state index contributed by atoms with van der Waals surface area (Å²) < 4.78 is 7.59. The molecule has 0 aliphatic heterocycles. The van der Waals surface area contributed by atoms with Crippen molar-refractivity contribution in [2.75, 3.05) is 12.4 Å². The molecule has 4 rings (SSSR count). The zero-order valence-electron chi connectivity index (χ0n) is 15.5. The molecule has 0 amide bonds. The largest absolute Gasteiger partial charge is 0.496 e. The molecule has 0 radical (unpaired) electrons. The van der Waals surface area contributed by atoms with Crippen LogP contribution < -0.4 is 10.1 Å². The number of hydrogen-bond donors (Lipinski definition) is 1. The second kappa shape index (κ2) is 7.07. The summed E-state index contributed by atoms with van der Waals surface area (Å²) in [6.45, 7) is 1.97. The van der Waals surface area contributed by atoms with E-state index in [0.717, 1.165) is 39.4 Å². The topological polar surface area (TPSA) is 64.9 Å². The Kier molecular flexibility index (Phi) is 4.46. The summed E-state index contributed by atoms with van der Waals surface area (Å²) in [6, 6.07) is 15.8. The molecule has 4 aromatic rings. The maximum absolute atomic E-state index is 5.60. The van der Waals surface area contributed by atoms with E-state index < -0.39 is 0 Å². The van der Waals surface area contributed by atoms with Gasteiger partial charge in [-0.15, -0.1) is 5.10 Å². The zero-order chi connectivity index (χ0) is 18.8. The van der Waals surface area contributed by atoms with Crippen LogP contribution in [0.25, 0.3) is 10.8 Å². The van der Waals surface area contributed by atoms with E-state index in [1.165, 1.54) is 0 Å². The molecule has 0 aliphatic carbocycles. The van der Waals surface area contributed by atoms with Crippen molar-refractivity contribution in [3.63, 3.8) is 0 Å². The summed E-state index contributed by atoms with van der Waals surface area (Å²) in [5.41, 5.74) is 1.89. The first-order valence-electron chi connectivity index (χ1n) is 8.77. The highest BCUT2D eigenvalue weighted by atomic mass is 16.5. The lowest BCUT2D eigenvalue weighted by Crippen LogP contribution is -2.18. The van der Waals surface area contributed by atoms with E-state index in [-0.39, 0.29) is 6.04 Å². The van der Waals surface area contributed by atoms with Gasteiger partial charge >= 0.3 is 0 Å². The molecule has 1 N–H and O–H groups in total. The van der Waals surface area contributed by atoms with Crippen LogP contribution in [0.2, 0.25) is 0 Å². The fraction of sp³-hybridized carbons (Fsp3) is 0.190. The van der Waals surface area contributed by atoms with Gasteiger partial charge in [0.05, 0.1) is 12.8 Å². The van der Waals surface area contributed by atoms with Gasteiger partial charge < -0.3 is 14.6 Å². The Bertz CT molecular complexity index is 1090. The molecule has 0 bridgehead atoms. The molecule has 0 fully saturated rings. The van der Waals surface area contributed by atoms with Gasteiger partial charge in [0, 0.05) is 35.8 Å². The second-order valence-electron chi connectivity index (χ2n) is 6.40. The Hall–Kier alpha value is -3.41. The van der Waals surface area contributed by atoms with Crippen molar-refractivity contribution >= 4 is 16.6 Å². The number of rotatable bonds is 5. The van der Waals surface area contributed by atoms with Crippen LogP contribution in [0.4, 0.5) is 5.82 Å². The van der Waals surface area contributed by atoms with Gasteiger partial charge in [0.1, 0.15) is 17.6 Å². The van der Waals surface area contributed by atoms with Gasteiger partial charge in [0.2, 0.25) is 0 Å². The first kappa shape index (κ1) is 17.0. The average molecular weight is 359 g/mol. The predicted octanol–water partition coefficient (Wildman–Crippen LogP) is 3.88. The summed E-state index contributed by atoms with van der Waals surface area (Å²) in [5.74, 6) is 2.38. The van der Waals surface area contributed by atoms with E-state index in [2.05, 4.69) is 32.6 Å². The summed E-state index contributed by atoms with van der Waals surface area (Å²) in [4.78, 5) is 4.56. The number of imidazole rings is 1. The number of nitrogens with one attached hydrogen (secondary N) is 1. The monoisotopic (exact) mass is 359 g/mol. The SMILES string of the molecule is COc1ccccc1[C@@H](Nc1nnc(C)c2ccccc12)c1nccn1C. The van der Waals surface area contributed by atoms with Crippen molar-refractivity contribution in [1.82, 2.24) is 19.7 Å². The van der Waals surface area contributed by atoms with Gasteiger partial charge in [-0.25, -0.2) is 4.98 Å². The average Bonchev–Trinajstić information content (AvgIpc) is 3.13. The van der Waals surface area contributed by atoms with Crippen LogP contribution in [0.1, 0.15) is 23.1 Å². The number of fused-ring (bicyclic) bond motifs is 1. The van der Waals surface area contributed by atoms with Gasteiger partial charge in [-0.05, 0) is 13.0 Å². The fourth-order valence-electron chi connectivity index (χ4n) is 3.32. The van der Waals surface area contributed by atoms with Crippen LogP contribution in [0.15, 0.2) is 60.9 Å². The number of aromatic nitrogens is 4. The number of nitrogens with zero attached hydrogens (tertiary/aromatic N) is 4. The standard InChI is InChI=1S/C21H21N5O/c1-14-15-8-4-5-9-16(15)20(25-24-14)23-19(21-22-12-13-26(21)2)17-10-6-7-11-18(17)27-3/h4-13,19H,1-3H3,(H,23,25)/t19-/m1/s1. The van der Waals surface area contributed by atoms with E-state index >= 15 is 0 Å². The molecular weight excluding hydrogens is 338 g/mol. The Morgan fingerprint density at radius 2 is 1.74 bits per heavy atom. The van der Waals surface area contributed by atoms with Gasteiger partial charge in [-0.2, -0.15) is 5.10 Å². The highest BCUT2D eigenvalue weighted by Crippen LogP contribution is 2.33. The maximum atomic E-state index is 5.60. The Morgan fingerprint density at radius 1 is 1.00 bits per heavy atom. The van der Waals surface area contributed by atoms with Gasteiger partial charge in [0.25, 0.3) is 0 Å². The minimum absolute atomic E-state index is 0.235. The van der Waals surface area contributed by atoms with E-state index in [4.69, 9.17) is 4.74 Å². The van der Waals surface area contributed by atoms with Gasteiger partial charge in [0.15, 0.2) is 5.82 Å². The van der Waals surface area contributed by atoms with Gasteiger partial charge in [-0.3, -0.25) is 0 Å². The highest BCUT2D eigenvalue weighted by Gasteiger charge is 2.23. The normalized spacial score (nSPS) is 12.1. The molecule has 0 spiro atoms. The summed E-state index contributed by atoms with van der Waals surface area (Å²) in [6.07, 6.45) is 3.72. The lowest BCUT2D eigenvalue weighted by atomic mass is 10.0. The third-order valence-corrected chi connectivity index (χ3v) is 4.72. The highest BCUT2D eigenvalue weighted by molar-refractivity contribution is 5.93. The van der Waals surface area contributed by atoms with Crippen LogP contribution in [0.5, 0.6) is 5.75 Å². The van der Waals surface area contributed by atoms with Gasteiger partial charge in [-0.1, -0.05) is 42.5 Å². The molecule has 2 heterocycles. The number of benzene rings is 2. The third-order valence-electron chi connectivity index (χ3n) is 4.72. The molecule has 2 aromatic carbocycles. The number of ether oxygens (including phenoxy) is 1. The molecule has 2 aromatic heterocycles. The quantitative estimate of drug-likeness (QED) is 0.586. The minimum Gasteiger partial charge on any atom is -0.496 e. The maximum Gasteiger partial charge on any atom is 0.157 e.